The van der Waals surface area contributed by atoms with E-state index < -0.39 is 0 Å². The summed E-state index contributed by atoms with van der Waals surface area (Å²) < 4.78 is 0. The van der Waals surface area contributed by atoms with Crippen molar-refractivity contribution in [3.63, 3.8) is 0 Å². The Morgan fingerprint density at radius 3 is 2.71 bits per heavy atom. The van der Waals surface area contributed by atoms with Crippen LogP contribution < -0.4 is 10.6 Å². The Labute approximate surface area is 143 Å². The number of aromatic nitrogens is 2. The normalized spacial score (nSPS) is 20.0. The molecule has 1 fully saturated rings. The molecule has 2 heterocycles. The van der Waals surface area contributed by atoms with Crippen molar-refractivity contribution in [1.29, 1.82) is 5.26 Å². The van der Waals surface area contributed by atoms with Crippen LogP contribution in [0.3, 0.4) is 0 Å². The van der Waals surface area contributed by atoms with Crippen LogP contribution in [0.25, 0.3) is 5.57 Å². The first-order valence-corrected chi connectivity index (χ1v) is 8.62. The molecule has 5 heteroatoms. The third-order valence-corrected chi connectivity index (χ3v) is 4.49. The second kappa shape index (κ2) is 7.78. The minimum Gasteiger partial charge on any atom is -0.361 e. The van der Waals surface area contributed by atoms with E-state index in [2.05, 4.69) is 26.7 Å². The molecule has 2 aliphatic rings. The number of hydrogen-bond donors (Lipinski definition) is 2. The predicted molar refractivity (Wildman–Crippen MR) is 95.8 cm³/mol. The smallest absolute Gasteiger partial charge is 0.223 e. The Hall–Kier alpha value is -2.61. The molecule has 0 aromatic carbocycles. The van der Waals surface area contributed by atoms with Gasteiger partial charge in [-0.2, -0.15) is 5.26 Å². The van der Waals surface area contributed by atoms with Crippen molar-refractivity contribution in [3.8, 4) is 6.07 Å². The summed E-state index contributed by atoms with van der Waals surface area (Å²) in [6, 6.07) is 2.71. The lowest BCUT2D eigenvalue weighted by Crippen LogP contribution is -2.20. The van der Waals surface area contributed by atoms with E-state index in [4.69, 9.17) is 0 Å². The zero-order valence-corrected chi connectivity index (χ0v) is 14.0. The van der Waals surface area contributed by atoms with Crippen LogP contribution in [0.1, 0.15) is 49.8 Å². The summed E-state index contributed by atoms with van der Waals surface area (Å²) in [7, 11) is 0. The van der Waals surface area contributed by atoms with Crippen LogP contribution in [-0.2, 0) is 0 Å². The molecule has 1 aliphatic carbocycles. The molecular weight excluding hydrogens is 298 g/mol. The molecule has 0 atom stereocenters. The molecule has 1 saturated carbocycles. The van der Waals surface area contributed by atoms with Gasteiger partial charge in [-0.3, -0.25) is 0 Å². The number of aryl methyl sites for hydroxylation is 1. The topological polar surface area (TPSA) is 73.6 Å². The lowest BCUT2D eigenvalue weighted by molar-refractivity contribution is 0.614. The Kier molecular flexibility index (Phi) is 5.27. The molecule has 0 spiro atoms. The molecule has 5 nitrogen and oxygen atoms in total. The first kappa shape index (κ1) is 16.3. The third kappa shape index (κ3) is 3.83. The molecule has 0 saturated heterocycles. The van der Waals surface area contributed by atoms with Crippen LogP contribution in [0.5, 0.6) is 0 Å². The van der Waals surface area contributed by atoms with Gasteiger partial charge in [0.15, 0.2) is 0 Å². The number of anilines is 1. The number of allylic oxidation sites excluding steroid dienone is 4. The summed E-state index contributed by atoms with van der Waals surface area (Å²) in [5.41, 5.74) is 2.89. The maximum atomic E-state index is 9.62. The lowest BCUT2D eigenvalue weighted by atomic mass is 10.1. The van der Waals surface area contributed by atoms with Gasteiger partial charge in [-0.1, -0.05) is 31.8 Å². The number of rotatable bonds is 3. The highest BCUT2D eigenvalue weighted by Crippen LogP contribution is 2.23. The second-order valence-corrected chi connectivity index (χ2v) is 6.32. The highest BCUT2D eigenvalue weighted by Gasteiger charge is 2.16. The zero-order chi connectivity index (χ0) is 16.8. The zero-order valence-electron chi connectivity index (χ0n) is 14.0. The Bertz CT molecular complexity index is 716. The van der Waals surface area contributed by atoms with Gasteiger partial charge in [-0.05, 0) is 37.5 Å². The monoisotopic (exact) mass is 321 g/mol. The molecule has 1 aromatic heterocycles. The molecule has 0 bridgehead atoms. The fourth-order valence-electron chi connectivity index (χ4n) is 3.16. The van der Waals surface area contributed by atoms with Crippen molar-refractivity contribution >= 4 is 11.5 Å². The molecule has 0 amide bonds. The third-order valence-electron chi connectivity index (χ3n) is 4.49. The fraction of sp³-hybridized carbons (Fsp3) is 0.421. The number of nitrogens with zero attached hydrogens (tertiary/aromatic N) is 3. The number of dihydropyridines is 1. The van der Waals surface area contributed by atoms with Gasteiger partial charge in [0.25, 0.3) is 0 Å². The van der Waals surface area contributed by atoms with E-state index in [-0.39, 0.29) is 0 Å². The summed E-state index contributed by atoms with van der Waals surface area (Å²) in [6.07, 6.45) is 16.8. The Morgan fingerprint density at radius 1 is 1.25 bits per heavy atom. The summed E-state index contributed by atoms with van der Waals surface area (Å²) in [4.78, 5) is 9.06. The van der Waals surface area contributed by atoms with Crippen LogP contribution >= 0.6 is 0 Å². The molecule has 1 aliphatic heterocycles. The SMILES string of the molecule is Cc1cnc(NC2CCCCCC2)nc1C(C#N)=C1C=CC=CN1. The molecule has 2 N–H and O–H groups in total. The van der Waals surface area contributed by atoms with Crippen molar-refractivity contribution in [2.45, 2.75) is 51.5 Å². The highest BCUT2D eigenvalue weighted by molar-refractivity contribution is 5.80. The van der Waals surface area contributed by atoms with E-state index in [1.807, 2.05) is 31.4 Å². The van der Waals surface area contributed by atoms with Gasteiger partial charge in [0.05, 0.1) is 11.4 Å². The van der Waals surface area contributed by atoms with Gasteiger partial charge < -0.3 is 10.6 Å². The van der Waals surface area contributed by atoms with E-state index in [0.29, 0.717) is 23.3 Å². The largest absolute Gasteiger partial charge is 0.361 e. The van der Waals surface area contributed by atoms with E-state index in [0.717, 1.165) is 24.1 Å². The summed E-state index contributed by atoms with van der Waals surface area (Å²) in [5, 5.41) is 16.2. The average molecular weight is 321 g/mol. The molecular formula is C19H23N5. The van der Waals surface area contributed by atoms with E-state index >= 15 is 0 Å². The molecule has 1 aromatic rings. The lowest BCUT2D eigenvalue weighted by Gasteiger charge is -2.17. The quantitative estimate of drug-likeness (QED) is 0.654. The van der Waals surface area contributed by atoms with Gasteiger partial charge >= 0.3 is 0 Å². The van der Waals surface area contributed by atoms with E-state index in [9.17, 15) is 5.26 Å². The van der Waals surface area contributed by atoms with Gasteiger partial charge in [-0.25, -0.2) is 9.97 Å². The van der Waals surface area contributed by atoms with Gasteiger partial charge in [0.2, 0.25) is 5.95 Å². The van der Waals surface area contributed by atoms with Crippen LogP contribution in [0.15, 0.2) is 36.3 Å². The predicted octanol–water partition coefficient (Wildman–Crippen LogP) is 3.83. The molecule has 3 rings (SSSR count). The summed E-state index contributed by atoms with van der Waals surface area (Å²) in [6.45, 7) is 1.94. The first-order chi connectivity index (χ1) is 11.8. The number of nitriles is 1. The molecule has 24 heavy (non-hydrogen) atoms. The number of hydrogen-bond acceptors (Lipinski definition) is 5. The molecule has 0 unspecified atom stereocenters. The fourth-order valence-corrected chi connectivity index (χ4v) is 3.16. The Balaban J connectivity index is 1.87. The van der Waals surface area contributed by atoms with Gasteiger partial charge in [-0.15, -0.1) is 0 Å². The maximum Gasteiger partial charge on any atom is 0.223 e. The average Bonchev–Trinajstić information content (AvgIpc) is 2.88. The van der Waals surface area contributed by atoms with Crippen molar-refractivity contribution in [3.05, 3.63) is 47.6 Å². The van der Waals surface area contributed by atoms with Gasteiger partial charge in [0, 0.05) is 18.4 Å². The molecule has 124 valence electrons. The minimum absolute atomic E-state index is 0.428. The number of nitrogens with one attached hydrogen (secondary N) is 2. The second-order valence-electron chi connectivity index (χ2n) is 6.32. The van der Waals surface area contributed by atoms with Crippen molar-refractivity contribution < 1.29 is 0 Å². The van der Waals surface area contributed by atoms with Crippen molar-refractivity contribution in [2.75, 3.05) is 5.32 Å². The van der Waals surface area contributed by atoms with Crippen LogP contribution in [0.2, 0.25) is 0 Å². The minimum atomic E-state index is 0.428. The highest BCUT2D eigenvalue weighted by atomic mass is 15.1. The summed E-state index contributed by atoms with van der Waals surface area (Å²) in [5.74, 6) is 0.617. The first-order valence-electron chi connectivity index (χ1n) is 8.62. The maximum absolute atomic E-state index is 9.62. The van der Waals surface area contributed by atoms with Gasteiger partial charge in [0.1, 0.15) is 11.6 Å². The van der Waals surface area contributed by atoms with E-state index in [1.165, 1.54) is 25.7 Å². The summed E-state index contributed by atoms with van der Waals surface area (Å²) >= 11 is 0. The van der Waals surface area contributed by atoms with Crippen LogP contribution in [0.4, 0.5) is 5.95 Å². The van der Waals surface area contributed by atoms with Crippen LogP contribution in [0, 0.1) is 18.3 Å². The van der Waals surface area contributed by atoms with Crippen molar-refractivity contribution in [1.82, 2.24) is 15.3 Å². The standard InChI is InChI=1S/C19H23N5/c1-14-13-22-19(23-15-8-4-2-3-5-9-15)24-18(14)16(12-20)17-10-6-7-11-21-17/h6-7,10-11,13,15,21H,2-5,8-9H2,1H3,(H,22,23,24). The Morgan fingerprint density at radius 2 is 2.04 bits per heavy atom. The van der Waals surface area contributed by atoms with E-state index in [1.54, 1.807) is 6.20 Å². The van der Waals surface area contributed by atoms with Crippen molar-refractivity contribution in [2.24, 2.45) is 0 Å². The van der Waals surface area contributed by atoms with Crippen LogP contribution in [-0.4, -0.2) is 16.0 Å². The molecule has 0 radical (unpaired) electrons.